The number of rotatable bonds is 75. The van der Waals surface area contributed by atoms with Crippen molar-refractivity contribution in [2.75, 3.05) is 13.2 Å². The first-order valence-electron chi connectivity index (χ1n) is 39.8. The van der Waals surface area contributed by atoms with Gasteiger partial charge in [-0.15, -0.1) is 0 Å². The fourth-order valence-corrected chi connectivity index (χ4v) is 12.3. The number of aliphatic hydroxyl groups is 1. The molecule has 0 heterocycles. The van der Waals surface area contributed by atoms with Crippen molar-refractivity contribution in [3.8, 4) is 0 Å². The molecule has 0 rings (SSSR count). The molecule has 0 aromatic rings. The van der Waals surface area contributed by atoms with Gasteiger partial charge in [-0.1, -0.05) is 402 Å². The van der Waals surface area contributed by atoms with Crippen LogP contribution in [0.25, 0.3) is 0 Å². The average Bonchev–Trinajstić information content (AvgIpc) is 3.55. The van der Waals surface area contributed by atoms with Crippen molar-refractivity contribution in [2.45, 2.75) is 444 Å². The van der Waals surface area contributed by atoms with Crippen LogP contribution in [0.4, 0.5) is 0 Å². The smallest absolute Gasteiger partial charge is 0.306 e. The third-order valence-corrected chi connectivity index (χ3v) is 18.3. The van der Waals surface area contributed by atoms with E-state index in [2.05, 4.69) is 74.6 Å². The standard InChI is InChI=1S/C83H154O5/c1-3-5-7-9-11-13-15-17-19-21-23-25-27-29-31-33-35-37-39-41-43-45-47-49-51-53-55-57-59-61-63-65-67-69-71-73-75-77-82(85)87-80-81(79-84)88-83(86)78-76-74-72-70-68-66-64-62-60-58-56-54-52-50-48-46-44-42-40-38-36-34-32-30-28-26-24-22-20-18-16-14-12-10-8-6-4-2/h15-18,21-24,28,30,81,84H,3-14,19-20,25-27,29,31-80H2,1-2H3/b17-15-,18-16-,23-21-,24-22-,30-28-. The van der Waals surface area contributed by atoms with E-state index in [0.29, 0.717) is 12.8 Å². The second-order valence-corrected chi connectivity index (χ2v) is 27.1. The highest BCUT2D eigenvalue weighted by Crippen LogP contribution is 2.20. The van der Waals surface area contributed by atoms with Gasteiger partial charge in [0, 0.05) is 12.8 Å². The first-order valence-corrected chi connectivity index (χ1v) is 39.8. The Morgan fingerprint density at radius 2 is 0.455 bits per heavy atom. The minimum Gasteiger partial charge on any atom is -0.462 e. The van der Waals surface area contributed by atoms with Gasteiger partial charge in [0.15, 0.2) is 6.10 Å². The lowest BCUT2D eigenvalue weighted by atomic mass is 10.0. The second-order valence-electron chi connectivity index (χ2n) is 27.1. The number of allylic oxidation sites excluding steroid dienone is 10. The van der Waals surface area contributed by atoms with E-state index in [0.717, 1.165) is 51.4 Å². The van der Waals surface area contributed by atoms with Crippen LogP contribution in [0.15, 0.2) is 60.8 Å². The molecule has 516 valence electrons. The summed E-state index contributed by atoms with van der Waals surface area (Å²) >= 11 is 0. The Balaban J connectivity index is 3.37. The van der Waals surface area contributed by atoms with Crippen molar-refractivity contribution in [1.82, 2.24) is 0 Å². The lowest BCUT2D eigenvalue weighted by Crippen LogP contribution is -2.28. The van der Waals surface area contributed by atoms with Gasteiger partial charge >= 0.3 is 11.9 Å². The minimum absolute atomic E-state index is 0.0598. The van der Waals surface area contributed by atoms with Gasteiger partial charge in [0.1, 0.15) is 6.61 Å². The molecule has 0 bridgehead atoms. The third-order valence-electron chi connectivity index (χ3n) is 18.3. The van der Waals surface area contributed by atoms with Crippen LogP contribution in [-0.2, 0) is 19.1 Å². The largest absolute Gasteiger partial charge is 0.462 e. The quantitative estimate of drug-likeness (QED) is 0.0373. The molecule has 0 aliphatic rings. The van der Waals surface area contributed by atoms with Gasteiger partial charge in [-0.05, 0) is 83.5 Å². The van der Waals surface area contributed by atoms with Crippen molar-refractivity contribution >= 4 is 11.9 Å². The zero-order valence-corrected chi connectivity index (χ0v) is 59.5. The van der Waals surface area contributed by atoms with Crippen LogP contribution in [0.2, 0.25) is 0 Å². The Bertz CT molecular complexity index is 1490. The topological polar surface area (TPSA) is 72.8 Å². The Hall–Kier alpha value is -2.40. The number of carbonyl (C=O) groups is 2. The van der Waals surface area contributed by atoms with Crippen LogP contribution in [-0.4, -0.2) is 36.4 Å². The summed E-state index contributed by atoms with van der Waals surface area (Å²) in [6, 6.07) is 0. The van der Waals surface area contributed by atoms with Gasteiger partial charge in [-0.25, -0.2) is 0 Å². The molecule has 1 atom stereocenters. The van der Waals surface area contributed by atoms with E-state index in [9.17, 15) is 14.7 Å². The Kier molecular flexibility index (Phi) is 76.7. The van der Waals surface area contributed by atoms with E-state index in [1.165, 1.54) is 360 Å². The summed E-state index contributed by atoms with van der Waals surface area (Å²) in [5.41, 5.74) is 0. The maximum atomic E-state index is 12.4. The summed E-state index contributed by atoms with van der Waals surface area (Å²) in [5.74, 6) is -0.564. The molecule has 0 aromatic carbocycles. The van der Waals surface area contributed by atoms with Gasteiger partial charge in [0.2, 0.25) is 0 Å². The predicted octanol–water partition coefficient (Wildman–Crippen LogP) is 28.0. The van der Waals surface area contributed by atoms with Crippen LogP contribution < -0.4 is 0 Å². The highest BCUT2D eigenvalue weighted by atomic mass is 16.6. The van der Waals surface area contributed by atoms with Gasteiger partial charge in [-0.2, -0.15) is 0 Å². The third kappa shape index (κ3) is 76.1. The number of unbranched alkanes of at least 4 members (excludes halogenated alkanes) is 57. The molecule has 88 heavy (non-hydrogen) atoms. The average molecular weight is 1230 g/mol. The van der Waals surface area contributed by atoms with E-state index in [1.807, 2.05) is 0 Å². The van der Waals surface area contributed by atoms with Crippen LogP contribution in [0.3, 0.4) is 0 Å². The van der Waals surface area contributed by atoms with Crippen molar-refractivity contribution < 1.29 is 24.2 Å². The van der Waals surface area contributed by atoms with Crippen molar-refractivity contribution in [2.24, 2.45) is 0 Å². The maximum absolute atomic E-state index is 12.4. The Morgan fingerprint density at radius 3 is 0.682 bits per heavy atom. The zero-order chi connectivity index (χ0) is 63.3. The van der Waals surface area contributed by atoms with Gasteiger partial charge in [-0.3, -0.25) is 9.59 Å². The van der Waals surface area contributed by atoms with Crippen LogP contribution in [0.1, 0.15) is 438 Å². The predicted molar refractivity (Wildman–Crippen MR) is 390 cm³/mol. The van der Waals surface area contributed by atoms with Crippen LogP contribution >= 0.6 is 0 Å². The molecule has 0 aliphatic carbocycles. The Morgan fingerprint density at radius 1 is 0.261 bits per heavy atom. The van der Waals surface area contributed by atoms with Crippen molar-refractivity contribution in [3.05, 3.63) is 60.8 Å². The molecule has 1 unspecified atom stereocenters. The number of aliphatic hydroxyl groups excluding tert-OH is 1. The first kappa shape index (κ1) is 85.6. The highest BCUT2D eigenvalue weighted by molar-refractivity contribution is 5.70. The summed E-state index contributed by atoms with van der Waals surface area (Å²) in [6.45, 7) is 4.18. The fourth-order valence-electron chi connectivity index (χ4n) is 12.3. The second kappa shape index (κ2) is 78.8. The van der Waals surface area contributed by atoms with Crippen LogP contribution in [0.5, 0.6) is 0 Å². The number of hydrogen-bond donors (Lipinski definition) is 1. The molecule has 0 aromatic heterocycles. The maximum Gasteiger partial charge on any atom is 0.306 e. The van der Waals surface area contributed by atoms with Crippen LogP contribution in [0, 0.1) is 0 Å². The molecule has 0 fully saturated rings. The minimum atomic E-state index is -0.771. The highest BCUT2D eigenvalue weighted by Gasteiger charge is 2.16. The summed E-state index contributed by atoms with van der Waals surface area (Å²) in [4.78, 5) is 24.7. The monoisotopic (exact) mass is 1230 g/mol. The Labute approximate surface area is 551 Å². The summed E-state index contributed by atoms with van der Waals surface area (Å²) in [7, 11) is 0. The number of carbonyl (C=O) groups excluding carboxylic acids is 2. The van der Waals surface area contributed by atoms with Crippen molar-refractivity contribution in [3.63, 3.8) is 0 Å². The zero-order valence-electron chi connectivity index (χ0n) is 59.5. The summed E-state index contributed by atoms with van der Waals surface area (Å²) < 4.78 is 10.8. The molecule has 5 nitrogen and oxygen atoms in total. The SMILES string of the molecule is CCCCCCC/C=C\C/C=C\C/C=C\CCCCCCCCCCCCCCCCCCCCCCCCC(=O)OC(CO)COC(=O)CCCCCCCCCCCCCCCCCCCCCCCCCCC/C=C\C/C=C\CCCCCCC. The fraction of sp³-hybridized carbons (Fsp3) is 0.855. The summed E-state index contributed by atoms with van der Waals surface area (Å²) in [5, 5.41) is 9.73. The molecule has 1 N–H and O–H groups in total. The molecule has 0 spiro atoms. The molecule has 0 aliphatic heterocycles. The van der Waals surface area contributed by atoms with E-state index < -0.39 is 6.10 Å². The first-order chi connectivity index (χ1) is 43.6. The molecule has 0 saturated heterocycles. The number of ether oxygens (including phenoxy) is 2. The van der Waals surface area contributed by atoms with E-state index >= 15 is 0 Å². The molecule has 0 saturated carbocycles. The van der Waals surface area contributed by atoms with E-state index in [1.54, 1.807) is 0 Å². The lowest BCUT2D eigenvalue weighted by Gasteiger charge is -2.15. The lowest BCUT2D eigenvalue weighted by molar-refractivity contribution is -0.161. The molecule has 0 radical (unpaired) electrons. The van der Waals surface area contributed by atoms with Gasteiger partial charge in [0.05, 0.1) is 6.61 Å². The van der Waals surface area contributed by atoms with E-state index in [4.69, 9.17) is 9.47 Å². The summed E-state index contributed by atoms with van der Waals surface area (Å²) in [6.07, 6.45) is 109. The number of esters is 2. The molecule has 0 amide bonds. The van der Waals surface area contributed by atoms with Crippen molar-refractivity contribution in [1.29, 1.82) is 0 Å². The molecule has 5 heteroatoms. The number of hydrogen-bond acceptors (Lipinski definition) is 5. The molecular formula is C83H154O5. The van der Waals surface area contributed by atoms with E-state index in [-0.39, 0.29) is 25.2 Å². The molecular weight excluding hydrogens is 1080 g/mol. The van der Waals surface area contributed by atoms with Gasteiger partial charge in [0.25, 0.3) is 0 Å². The van der Waals surface area contributed by atoms with Gasteiger partial charge < -0.3 is 14.6 Å². The normalized spacial score (nSPS) is 12.4.